The Morgan fingerprint density at radius 3 is 2.61 bits per heavy atom. The highest BCUT2D eigenvalue weighted by Gasteiger charge is 2.01. The molecule has 1 amide bonds. The number of anilines is 1. The quantitative estimate of drug-likeness (QED) is 0.747. The van der Waals surface area contributed by atoms with E-state index in [0.29, 0.717) is 0 Å². The Labute approximate surface area is 107 Å². The first-order chi connectivity index (χ1) is 8.61. The van der Waals surface area contributed by atoms with Crippen LogP contribution in [-0.4, -0.2) is 25.1 Å². The van der Waals surface area contributed by atoms with Gasteiger partial charge in [-0.2, -0.15) is 5.26 Å². The van der Waals surface area contributed by atoms with Gasteiger partial charge in [-0.1, -0.05) is 0 Å². The van der Waals surface area contributed by atoms with Gasteiger partial charge in [0.15, 0.2) is 0 Å². The fourth-order valence-electron chi connectivity index (χ4n) is 1.31. The molecule has 1 rings (SSSR count). The van der Waals surface area contributed by atoms with Crippen LogP contribution in [0.15, 0.2) is 24.3 Å². The number of benzene rings is 1. The number of amides is 1. The molecule has 1 aromatic rings. The summed E-state index contributed by atoms with van der Waals surface area (Å²) in [5.74, 6) is 0.587. The topological polar surface area (TPSA) is 74.2 Å². The summed E-state index contributed by atoms with van der Waals surface area (Å²) in [5, 5.41) is 13.7. The third kappa shape index (κ3) is 5.21. The Hall–Kier alpha value is -2.22. The average molecular weight is 247 g/mol. The number of ether oxygens (including phenoxy) is 1. The summed E-state index contributed by atoms with van der Waals surface area (Å²) >= 11 is 0. The lowest BCUT2D eigenvalue weighted by atomic mass is 10.3. The standard InChI is InChI=1S/C13H17N3O2/c1-10(2)18-12-5-3-11(4-6-12)16-9-13(17)15-8-7-14/h3-6,10,16H,8-9H2,1-2H3,(H,15,17). The molecule has 0 aromatic heterocycles. The number of hydrogen-bond acceptors (Lipinski definition) is 4. The van der Waals surface area contributed by atoms with Crippen molar-refractivity contribution in [1.82, 2.24) is 5.32 Å². The molecular formula is C13H17N3O2. The van der Waals surface area contributed by atoms with Crippen LogP contribution < -0.4 is 15.4 Å². The molecule has 0 radical (unpaired) electrons. The summed E-state index contributed by atoms with van der Waals surface area (Å²) in [6, 6.07) is 9.22. The minimum atomic E-state index is -0.209. The SMILES string of the molecule is CC(C)Oc1ccc(NCC(=O)NCC#N)cc1. The van der Waals surface area contributed by atoms with E-state index >= 15 is 0 Å². The highest BCUT2D eigenvalue weighted by atomic mass is 16.5. The zero-order valence-electron chi connectivity index (χ0n) is 10.6. The van der Waals surface area contributed by atoms with E-state index < -0.39 is 0 Å². The van der Waals surface area contributed by atoms with Gasteiger partial charge in [0.1, 0.15) is 12.3 Å². The second-order valence-corrected chi connectivity index (χ2v) is 3.98. The average Bonchev–Trinajstić information content (AvgIpc) is 2.35. The van der Waals surface area contributed by atoms with E-state index in [1.165, 1.54) is 0 Å². The van der Waals surface area contributed by atoms with Gasteiger partial charge in [-0.05, 0) is 38.1 Å². The first kappa shape index (κ1) is 13.8. The highest BCUT2D eigenvalue weighted by molar-refractivity contribution is 5.80. The molecule has 2 N–H and O–H groups in total. The van der Waals surface area contributed by atoms with Crippen molar-refractivity contribution in [3.63, 3.8) is 0 Å². The largest absolute Gasteiger partial charge is 0.491 e. The maximum Gasteiger partial charge on any atom is 0.240 e. The fourth-order valence-corrected chi connectivity index (χ4v) is 1.31. The predicted octanol–water partition coefficient (Wildman–Crippen LogP) is 1.53. The number of carbonyl (C=O) groups is 1. The zero-order chi connectivity index (χ0) is 13.4. The predicted molar refractivity (Wildman–Crippen MR) is 69.3 cm³/mol. The Bertz CT molecular complexity index is 421. The third-order valence-electron chi connectivity index (χ3n) is 2.04. The maximum absolute atomic E-state index is 11.2. The molecule has 0 aliphatic heterocycles. The van der Waals surface area contributed by atoms with Gasteiger partial charge in [-0.15, -0.1) is 0 Å². The molecule has 0 saturated heterocycles. The molecule has 5 heteroatoms. The minimum absolute atomic E-state index is 0.0294. The van der Waals surface area contributed by atoms with Gasteiger partial charge in [0.2, 0.25) is 5.91 Å². The molecule has 0 aliphatic carbocycles. The van der Waals surface area contributed by atoms with Crippen molar-refractivity contribution in [2.24, 2.45) is 0 Å². The lowest BCUT2D eigenvalue weighted by molar-refractivity contribution is -0.119. The highest BCUT2D eigenvalue weighted by Crippen LogP contribution is 2.16. The molecule has 96 valence electrons. The molecule has 18 heavy (non-hydrogen) atoms. The Kier molecular flexibility index (Phi) is 5.52. The Morgan fingerprint density at radius 2 is 2.06 bits per heavy atom. The number of nitriles is 1. The number of rotatable bonds is 6. The normalized spacial score (nSPS) is 9.67. The van der Waals surface area contributed by atoms with Crippen molar-refractivity contribution < 1.29 is 9.53 Å². The van der Waals surface area contributed by atoms with Gasteiger partial charge >= 0.3 is 0 Å². The minimum Gasteiger partial charge on any atom is -0.491 e. The van der Waals surface area contributed by atoms with Crippen LogP contribution in [0.5, 0.6) is 5.75 Å². The monoisotopic (exact) mass is 247 g/mol. The summed E-state index contributed by atoms with van der Waals surface area (Å²) in [4.78, 5) is 11.2. The molecule has 0 bridgehead atoms. The second-order valence-electron chi connectivity index (χ2n) is 3.98. The number of hydrogen-bond donors (Lipinski definition) is 2. The smallest absolute Gasteiger partial charge is 0.240 e. The molecule has 0 heterocycles. The van der Waals surface area contributed by atoms with Crippen molar-refractivity contribution in [2.45, 2.75) is 20.0 Å². The summed E-state index contributed by atoms with van der Waals surface area (Å²) in [5.41, 5.74) is 0.832. The van der Waals surface area contributed by atoms with E-state index in [1.807, 2.05) is 44.2 Å². The van der Waals surface area contributed by atoms with Gasteiger partial charge in [-0.25, -0.2) is 0 Å². The van der Waals surface area contributed by atoms with Crippen molar-refractivity contribution >= 4 is 11.6 Å². The van der Waals surface area contributed by atoms with Crippen LogP contribution in [0.1, 0.15) is 13.8 Å². The van der Waals surface area contributed by atoms with Crippen LogP contribution in [0, 0.1) is 11.3 Å². The lowest BCUT2D eigenvalue weighted by Gasteiger charge is -2.10. The zero-order valence-corrected chi connectivity index (χ0v) is 10.6. The maximum atomic E-state index is 11.2. The van der Waals surface area contributed by atoms with Crippen LogP contribution in [0.25, 0.3) is 0 Å². The van der Waals surface area contributed by atoms with E-state index in [1.54, 1.807) is 0 Å². The van der Waals surface area contributed by atoms with Crippen LogP contribution >= 0.6 is 0 Å². The van der Waals surface area contributed by atoms with Crippen LogP contribution in [-0.2, 0) is 4.79 Å². The number of nitrogens with zero attached hydrogens (tertiary/aromatic N) is 1. The van der Waals surface area contributed by atoms with Crippen molar-refractivity contribution in [3.8, 4) is 11.8 Å². The molecule has 1 aromatic carbocycles. The summed E-state index contributed by atoms with van der Waals surface area (Å²) in [7, 11) is 0. The Morgan fingerprint density at radius 1 is 1.39 bits per heavy atom. The molecule has 0 atom stereocenters. The van der Waals surface area contributed by atoms with Gasteiger partial charge in [0.25, 0.3) is 0 Å². The Balaban J connectivity index is 2.39. The first-order valence-corrected chi connectivity index (χ1v) is 5.76. The first-order valence-electron chi connectivity index (χ1n) is 5.76. The van der Waals surface area contributed by atoms with Crippen molar-refractivity contribution in [2.75, 3.05) is 18.4 Å². The molecule has 5 nitrogen and oxygen atoms in total. The molecule has 0 fully saturated rings. The molecular weight excluding hydrogens is 230 g/mol. The van der Waals surface area contributed by atoms with E-state index in [4.69, 9.17) is 10.00 Å². The van der Waals surface area contributed by atoms with Crippen LogP contribution in [0.2, 0.25) is 0 Å². The summed E-state index contributed by atoms with van der Waals surface area (Å²) in [6.07, 6.45) is 0.139. The van der Waals surface area contributed by atoms with Gasteiger partial charge < -0.3 is 15.4 Å². The number of carbonyl (C=O) groups excluding carboxylic acids is 1. The lowest BCUT2D eigenvalue weighted by Crippen LogP contribution is -2.29. The van der Waals surface area contributed by atoms with Crippen LogP contribution in [0.4, 0.5) is 5.69 Å². The molecule has 0 unspecified atom stereocenters. The summed E-state index contributed by atoms with van der Waals surface area (Å²) < 4.78 is 5.50. The van der Waals surface area contributed by atoms with Crippen LogP contribution in [0.3, 0.4) is 0 Å². The molecule has 0 spiro atoms. The van der Waals surface area contributed by atoms with E-state index in [-0.39, 0.29) is 25.1 Å². The van der Waals surface area contributed by atoms with E-state index in [0.717, 1.165) is 11.4 Å². The summed E-state index contributed by atoms with van der Waals surface area (Å²) in [6.45, 7) is 4.10. The number of nitrogens with one attached hydrogen (secondary N) is 2. The van der Waals surface area contributed by atoms with Crippen molar-refractivity contribution in [1.29, 1.82) is 5.26 Å². The second kappa shape index (κ2) is 7.17. The van der Waals surface area contributed by atoms with Gasteiger partial charge in [0.05, 0.1) is 18.7 Å². The molecule has 0 saturated carbocycles. The fraction of sp³-hybridized carbons (Fsp3) is 0.385. The van der Waals surface area contributed by atoms with Gasteiger partial charge in [-0.3, -0.25) is 4.79 Å². The third-order valence-corrected chi connectivity index (χ3v) is 2.04. The molecule has 0 aliphatic rings. The van der Waals surface area contributed by atoms with Gasteiger partial charge in [0, 0.05) is 5.69 Å². The van der Waals surface area contributed by atoms with E-state index in [9.17, 15) is 4.79 Å². The van der Waals surface area contributed by atoms with Crippen molar-refractivity contribution in [3.05, 3.63) is 24.3 Å². The van der Waals surface area contributed by atoms with E-state index in [2.05, 4.69) is 10.6 Å².